The lowest BCUT2D eigenvalue weighted by Gasteiger charge is -2.05. The van der Waals surface area contributed by atoms with Crippen LogP contribution < -0.4 is 4.89 Å². The monoisotopic (exact) mass is 258 g/mol. The topological polar surface area (TPSA) is 98.5 Å². The number of hydrogen-bond acceptors (Lipinski definition) is 5. The SMILES string of the molecule is C=CCONS(=O)(=O)c1cccc([N+](=O)[O-])c1. The number of benzene rings is 1. The van der Waals surface area contributed by atoms with Gasteiger partial charge in [-0.3, -0.25) is 15.0 Å². The van der Waals surface area contributed by atoms with Gasteiger partial charge in [0.2, 0.25) is 0 Å². The van der Waals surface area contributed by atoms with Gasteiger partial charge in [0, 0.05) is 12.1 Å². The minimum Gasteiger partial charge on any atom is -0.283 e. The van der Waals surface area contributed by atoms with Crippen molar-refractivity contribution in [2.24, 2.45) is 0 Å². The van der Waals surface area contributed by atoms with Gasteiger partial charge in [0.25, 0.3) is 15.7 Å². The smallest absolute Gasteiger partial charge is 0.270 e. The van der Waals surface area contributed by atoms with E-state index >= 15 is 0 Å². The maximum Gasteiger partial charge on any atom is 0.270 e. The number of nitro benzene ring substituents is 1. The average Bonchev–Trinajstić information content (AvgIpc) is 2.29. The van der Waals surface area contributed by atoms with Crippen molar-refractivity contribution in [1.29, 1.82) is 0 Å². The molecule has 7 nitrogen and oxygen atoms in total. The summed E-state index contributed by atoms with van der Waals surface area (Å²) in [5, 5.41) is 10.5. The van der Waals surface area contributed by atoms with Crippen LogP contribution in [0.5, 0.6) is 0 Å². The zero-order valence-electron chi connectivity index (χ0n) is 8.70. The fraction of sp³-hybridized carbons (Fsp3) is 0.111. The molecule has 0 fully saturated rings. The van der Waals surface area contributed by atoms with Crippen molar-refractivity contribution in [2.45, 2.75) is 4.90 Å². The van der Waals surface area contributed by atoms with Crippen molar-refractivity contribution >= 4 is 15.7 Å². The molecule has 1 N–H and O–H groups in total. The van der Waals surface area contributed by atoms with Gasteiger partial charge in [-0.25, -0.2) is 8.42 Å². The van der Waals surface area contributed by atoms with Crippen molar-refractivity contribution in [1.82, 2.24) is 4.89 Å². The minimum atomic E-state index is -3.91. The molecule has 0 heterocycles. The molecule has 0 spiro atoms. The van der Waals surface area contributed by atoms with Crippen molar-refractivity contribution in [2.75, 3.05) is 6.61 Å². The molecule has 0 bridgehead atoms. The van der Waals surface area contributed by atoms with E-state index in [9.17, 15) is 18.5 Å². The van der Waals surface area contributed by atoms with Crippen LogP contribution in [-0.2, 0) is 14.9 Å². The normalized spacial score (nSPS) is 11.1. The van der Waals surface area contributed by atoms with E-state index < -0.39 is 14.9 Å². The number of hydrogen-bond donors (Lipinski definition) is 1. The van der Waals surface area contributed by atoms with Crippen LogP contribution in [0.15, 0.2) is 41.8 Å². The summed E-state index contributed by atoms with van der Waals surface area (Å²) in [6, 6.07) is 4.65. The van der Waals surface area contributed by atoms with Crippen LogP contribution in [0.2, 0.25) is 0 Å². The molecular formula is C9H10N2O5S. The zero-order valence-corrected chi connectivity index (χ0v) is 9.51. The largest absolute Gasteiger partial charge is 0.283 e. The molecule has 0 radical (unpaired) electrons. The number of non-ortho nitro benzene ring substituents is 1. The van der Waals surface area contributed by atoms with Gasteiger partial charge in [-0.2, -0.15) is 0 Å². The highest BCUT2D eigenvalue weighted by molar-refractivity contribution is 7.89. The molecule has 1 aromatic rings. The molecule has 8 heteroatoms. The fourth-order valence-electron chi connectivity index (χ4n) is 0.983. The summed E-state index contributed by atoms with van der Waals surface area (Å²) in [5.41, 5.74) is -0.309. The summed E-state index contributed by atoms with van der Waals surface area (Å²) in [5.74, 6) is 0. The summed E-state index contributed by atoms with van der Waals surface area (Å²) < 4.78 is 23.2. The third kappa shape index (κ3) is 3.63. The second-order valence-electron chi connectivity index (χ2n) is 2.94. The second kappa shape index (κ2) is 5.53. The highest BCUT2D eigenvalue weighted by atomic mass is 32.2. The summed E-state index contributed by atoms with van der Waals surface area (Å²) in [7, 11) is -3.91. The Kier molecular flexibility index (Phi) is 4.32. The molecule has 0 amide bonds. The van der Waals surface area contributed by atoms with Crippen LogP contribution in [0.3, 0.4) is 0 Å². The summed E-state index contributed by atoms with van der Waals surface area (Å²) in [6.45, 7) is 3.34. The third-order valence-electron chi connectivity index (χ3n) is 1.71. The first kappa shape index (κ1) is 13.3. The molecule has 0 aliphatic rings. The van der Waals surface area contributed by atoms with Crippen LogP contribution in [0, 0.1) is 10.1 Å². The van der Waals surface area contributed by atoms with Crippen molar-refractivity contribution < 1.29 is 18.2 Å². The second-order valence-corrected chi connectivity index (χ2v) is 4.59. The first-order chi connectivity index (χ1) is 7.97. The van der Waals surface area contributed by atoms with Crippen molar-refractivity contribution in [3.63, 3.8) is 0 Å². The van der Waals surface area contributed by atoms with Gasteiger partial charge in [-0.15, -0.1) is 6.58 Å². The molecule has 0 saturated heterocycles. The molecule has 0 unspecified atom stereocenters. The predicted octanol–water partition coefficient (Wildman–Crippen LogP) is 0.991. The molecule has 0 aliphatic carbocycles. The van der Waals surface area contributed by atoms with E-state index in [0.29, 0.717) is 0 Å². The number of sulfonamides is 1. The van der Waals surface area contributed by atoms with Crippen LogP contribution in [0.1, 0.15) is 0 Å². The maximum atomic E-state index is 11.6. The standard InChI is InChI=1S/C9H10N2O5S/c1-2-6-16-10-17(14,15)9-5-3-4-8(7-9)11(12)13/h2-5,7,10H,1,6H2. The Labute approximate surface area is 97.9 Å². The summed E-state index contributed by atoms with van der Waals surface area (Å²) in [6.07, 6.45) is 1.36. The maximum absolute atomic E-state index is 11.6. The van der Waals surface area contributed by atoms with E-state index in [1.54, 1.807) is 0 Å². The molecular weight excluding hydrogens is 248 g/mol. The van der Waals surface area contributed by atoms with E-state index in [-0.39, 0.29) is 17.2 Å². The highest BCUT2D eigenvalue weighted by Gasteiger charge is 2.17. The number of rotatable bonds is 6. The van der Waals surface area contributed by atoms with Crippen molar-refractivity contribution in [3.05, 3.63) is 47.0 Å². The predicted molar refractivity (Wildman–Crippen MR) is 59.6 cm³/mol. The fourth-order valence-corrected chi connectivity index (χ4v) is 1.84. The molecule has 92 valence electrons. The number of nitrogens with zero attached hydrogens (tertiary/aromatic N) is 1. The average molecular weight is 258 g/mol. The van der Waals surface area contributed by atoms with Crippen LogP contribution in [0.4, 0.5) is 5.69 Å². The van der Waals surface area contributed by atoms with Crippen LogP contribution in [0.25, 0.3) is 0 Å². The molecule has 1 rings (SSSR count). The Balaban J connectivity index is 2.94. The van der Waals surface area contributed by atoms with Gasteiger partial charge >= 0.3 is 0 Å². The third-order valence-corrected chi connectivity index (χ3v) is 2.92. The Morgan fingerprint density at radius 3 is 2.82 bits per heavy atom. The number of nitro groups is 1. The van der Waals surface area contributed by atoms with E-state index in [0.717, 1.165) is 6.07 Å². The van der Waals surface area contributed by atoms with Gasteiger partial charge in [0.1, 0.15) is 0 Å². The lowest BCUT2D eigenvalue weighted by Crippen LogP contribution is -2.24. The molecule has 0 saturated carbocycles. The van der Waals surface area contributed by atoms with Gasteiger partial charge in [0.05, 0.1) is 16.4 Å². The van der Waals surface area contributed by atoms with Gasteiger partial charge in [-0.1, -0.05) is 17.0 Å². The molecule has 0 aromatic heterocycles. The highest BCUT2D eigenvalue weighted by Crippen LogP contribution is 2.16. The number of nitrogens with one attached hydrogen (secondary N) is 1. The molecule has 0 aliphatic heterocycles. The lowest BCUT2D eigenvalue weighted by atomic mass is 10.3. The van der Waals surface area contributed by atoms with E-state index in [1.165, 1.54) is 24.3 Å². The summed E-state index contributed by atoms with van der Waals surface area (Å²) in [4.78, 5) is 16.0. The Morgan fingerprint density at radius 2 is 2.24 bits per heavy atom. The van der Waals surface area contributed by atoms with E-state index in [1.807, 2.05) is 4.89 Å². The quantitative estimate of drug-likeness (QED) is 0.355. The summed E-state index contributed by atoms with van der Waals surface area (Å²) >= 11 is 0. The van der Waals surface area contributed by atoms with Crippen LogP contribution in [-0.4, -0.2) is 19.9 Å². The first-order valence-electron chi connectivity index (χ1n) is 4.46. The Morgan fingerprint density at radius 1 is 1.53 bits per heavy atom. The van der Waals surface area contributed by atoms with Crippen LogP contribution >= 0.6 is 0 Å². The molecule has 1 aromatic carbocycles. The Hall–Kier alpha value is -1.77. The Bertz CT molecular complexity index is 526. The van der Waals surface area contributed by atoms with E-state index in [2.05, 4.69) is 11.4 Å². The first-order valence-corrected chi connectivity index (χ1v) is 5.94. The lowest BCUT2D eigenvalue weighted by molar-refractivity contribution is -0.385. The minimum absolute atomic E-state index is 0.00580. The van der Waals surface area contributed by atoms with Gasteiger partial charge in [-0.05, 0) is 6.07 Å². The van der Waals surface area contributed by atoms with Crippen molar-refractivity contribution in [3.8, 4) is 0 Å². The molecule has 17 heavy (non-hydrogen) atoms. The van der Waals surface area contributed by atoms with E-state index in [4.69, 9.17) is 0 Å². The van der Waals surface area contributed by atoms with Gasteiger partial charge in [0.15, 0.2) is 0 Å². The van der Waals surface area contributed by atoms with Gasteiger partial charge < -0.3 is 0 Å². The molecule has 0 atom stereocenters. The zero-order chi connectivity index (χ0) is 12.9.